The van der Waals surface area contributed by atoms with Gasteiger partial charge in [0.1, 0.15) is 0 Å². The lowest BCUT2D eigenvalue weighted by Gasteiger charge is -2.24. The molecular weight excluding hydrogens is 142 g/mol. The summed E-state index contributed by atoms with van der Waals surface area (Å²) in [6.07, 6.45) is 0. The number of ether oxygens (including phenoxy) is 1. The van der Waals surface area contributed by atoms with Crippen LogP contribution in [0.4, 0.5) is 0 Å². The van der Waals surface area contributed by atoms with Crippen LogP contribution in [-0.2, 0) is 9.53 Å². The Morgan fingerprint density at radius 1 is 1.73 bits per heavy atom. The smallest absolute Gasteiger partial charge is 0.313 e. The van der Waals surface area contributed by atoms with Crippen LogP contribution in [0.2, 0.25) is 0 Å². The summed E-state index contributed by atoms with van der Waals surface area (Å²) in [7, 11) is 1.44. The SMILES string of the molecule is COC(=O)[C@]1(C)CNC[C@@H]1C. The quantitative estimate of drug-likeness (QED) is 0.560. The van der Waals surface area contributed by atoms with Crippen molar-refractivity contribution in [3.63, 3.8) is 0 Å². The molecule has 11 heavy (non-hydrogen) atoms. The summed E-state index contributed by atoms with van der Waals surface area (Å²) in [5.41, 5.74) is -0.311. The molecule has 0 aliphatic carbocycles. The first-order valence-electron chi connectivity index (χ1n) is 3.90. The van der Waals surface area contributed by atoms with Crippen molar-refractivity contribution in [2.75, 3.05) is 20.2 Å². The average molecular weight is 157 g/mol. The van der Waals surface area contributed by atoms with Crippen molar-refractivity contribution in [2.24, 2.45) is 11.3 Å². The Morgan fingerprint density at radius 2 is 2.36 bits per heavy atom. The Morgan fingerprint density at radius 3 is 2.73 bits per heavy atom. The van der Waals surface area contributed by atoms with Gasteiger partial charge in [-0.2, -0.15) is 0 Å². The molecule has 1 aliphatic rings. The van der Waals surface area contributed by atoms with Gasteiger partial charge in [0.05, 0.1) is 12.5 Å². The third-order valence-electron chi connectivity index (χ3n) is 2.68. The Bertz CT molecular complexity index is 169. The van der Waals surface area contributed by atoms with Gasteiger partial charge in [0.25, 0.3) is 0 Å². The Labute approximate surface area is 67.1 Å². The summed E-state index contributed by atoms with van der Waals surface area (Å²) in [6.45, 7) is 5.66. The maximum Gasteiger partial charge on any atom is 0.313 e. The van der Waals surface area contributed by atoms with Gasteiger partial charge in [-0.25, -0.2) is 0 Å². The molecule has 0 radical (unpaired) electrons. The van der Waals surface area contributed by atoms with Crippen LogP contribution in [-0.4, -0.2) is 26.2 Å². The Kier molecular flexibility index (Phi) is 2.18. The number of methoxy groups -OCH3 is 1. The third-order valence-corrected chi connectivity index (χ3v) is 2.68. The van der Waals surface area contributed by atoms with Crippen LogP contribution in [0.15, 0.2) is 0 Å². The normalized spacial score (nSPS) is 37.2. The van der Waals surface area contributed by atoms with Gasteiger partial charge in [0.15, 0.2) is 0 Å². The zero-order chi connectivity index (χ0) is 8.48. The number of rotatable bonds is 1. The third kappa shape index (κ3) is 1.25. The zero-order valence-corrected chi connectivity index (χ0v) is 7.31. The summed E-state index contributed by atoms with van der Waals surface area (Å²) in [5, 5.41) is 3.18. The van der Waals surface area contributed by atoms with E-state index in [2.05, 4.69) is 12.2 Å². The second-order valence-corrected chi connectivity index (χ2v) is 3.44. The minimum absolute atomic E-state index is 0.102. The van der Waals surface area contributed by atoms with Crippen molar-refractivity contribution >= 4 is 5.97 Å². The highest BCUT2D eigenvalue weighted by Crippen LogP contribution is 2.31. The summed E-state index contributed by atoms with van der Waals surface area (Å²) < 4.78 is 4.73. The zero-order valence-electron chi connectivity index (χ0n) is 7.31. The molecule has 1 rings (SSSR count). The van der Waals surface area contributed by atoms with Gasteiger partial charge in [-0.05, 0) is 19.4 Å². The standard InChI is InChI=1S/C8H15NO2/c1-6-4-9-5-8(6,2)7(10)11-3/h6,9H,4-5H2,1-3H3/t6-,8+/m0/s1. The molecule has 0 aromatic carbocycles. The van der Waals surface area contributed by atoms with Gasteiger partial charge < -0.3 is 10.1 Å². The highest BCUT2D eigenvalue weighted by Gasteiger charge is 2.43. The lowest BCUT2D eigenvalue weighted by atomic mass is 9.81. The predicted molar refractivity (Wildman–Crippen MR) is 42.2 cm³/mol. The maximum absolute atomic E-state index is 11.3. The highest BCUT2D eigenvalue weighted by molar-refractivity contribution is 5.77. The van der Waals surface area contributed by atoms with Crippen molar-refractivity contribution in [2.45, 2.75) is 13.8 Å². The van der Waals surface area contributed by atoms with E-state index in [1.165, 1.54) is 7.11 Å². The molecule has 1 N–H and O–H groups in total. The van der Waals surface area contributed by atoms with Gasteiger partial charge in [0.2, 0.25) is 0 Å². The molecule has 64 valence electrons. The van der Waals surface area contributed by atoms with E-state index >= 15 is 0 Å². The van der Waals surface area contributed by atoms with Crippen LogP contribution >= 0.6 is 0 Å². The number of hydrogen-bond acceptors (Lipinski definition) is 3. The van der Waals surface area contributed by atoms with Crippen LogP contribution in [0.25, 0.3) is 0 Å². The van der Waals surface area contributed by atoms with E-state index in [9.17, 15) is 4.79 Å². The molecule has 0 unspecified atom stereocenters. The first kappa shape index (κ1) is 8.53. The van der Waals surface area contributed by atoms with Crippen molar-refractivity contribution in [3.8, 4) is 0 Å². The second kappa shape index (κ2) is 2.81. The van der Waals surface area contributed by atoms with Crippen molar-refractivity contribution in [1.82, 2.24) is 5.32 Å². The molecule has 1 aliphatic heterocycles. The first-order chi connectivity index (χ1) is 5.11. The summed E-state index contributed by atoms with van der Waals surface area (Å²) in [4.78, 5) is 11.3. The predicted octanol–water partition coefficient (Wildman–Crippen LogP) is 0.405. The Balaban J connectivity index is 2.72. The van der Waals surface area contributed by atoms with E-state index in [0.29, 0.717) is 5.92 Å². The summed E-state index contributed by atoms with van der Waals surface area (Å²) in [5.74, 6) is 0.268. The molecule has 0 aromatic rings. The van der Waals surface area contributed by atoms with Gasteiger partial charge >= 0.3 is 5.97 Å². The lowest BCUT2D eigenvalue weighted by molar-refractivity contribution is -0.152. The van der Waals surface area contributed by atoms with Gasteiger partial charge in [-0.3, -0.25) is 4.79 Å². The second-order valence-electron chi connectivity index (χ2n) is 3.44. The van der Waals surface area contributed by atoms with Crippen molar-refractivity contribution in [3.05, 3.63) is 0 Å². The van der Waals surface area contributed by atoms with Gasteiger partial charge in [-0.1, -0.05) is 6.92 Å². The van der Waals surface area contributed by atoms with E-state index in [1.54, 1.807) is 0 Å². The first-order valence-corrected chi connectivity index (χ1v) is 3.90. The van der Waals surface area contributed by atoms with E-state index in [-0.39, 0.29) is 11.4 Å². The number of esters is 1. The Hall–Kier alpha value is -0.570. The molecule has 0 amide bonds. The fourth-order valence-corrected chi connectivity index (χ4v) is 1.45. The summed E-state index contributed by atoms with van der Waals surface area (Å²) >= 11 is 0. The molecule has 0 saturated carbocycles. The monoisotopic (exact) mass is 157 g/mol. The minimum atomic E-state index is -0.311. The van der Waals surface area contributed by atoms with Crippen molar-refractivity contribution < 1.29 is 9.53 Å². The fourth-order valence-electron chi connectivity index (χ4n) is 1.45. The molecule has 1 fully saturated rings. The van der Waals surface area contributed by atoms with Crippen LogP contribution in [0.5, 0.6) is 0 Å². The number of nitrogens with one attached hydrogen (secondary N) is 1. The van der Waals surface area contributed by atoms with Crippen LogP contribution < -0.4 is 5.32 Å². The van der Waals surface area contributed by atoms with Gasteiger partial charge in [-0.15, -0.1) is 0 Å². The van der Waals surface area contributed by atoms with Crippen LogP contribution in [0.1, 0.15) is 13.8 Å². The van der Waals surface area contributed by atoms with E-state index in [4.69, 9.17) is 4.74 Å². The number of carbonyl (C=O) groups is 1. The average Bonchev–Trinajstić information content (AvgIpc) is 2.32. The van der Waals surface area contributed by atoms with Crippen LogP contribution in [0.3, 0.4) is 0 Å². The molecule has 0 aromatic heterocycles. The molecule has 3 heteroatoms. The van der Waals surface area contributed by atoms with E-state index in [1.807, 2.05) is 6.92 Å². The fraction of sp³-hybridized carbons (Fsp3) is 0.875. The van der Waals surface area contributed by atoms with E-state index in [0.717, 1.165) is 13.1 Å². The molecule has 3 nitrogen and oxygen atoms in total. The molecule has 0 spiro atoms. The highest BCUT2D eigenvalue weighted by atomic mass is 16.5. The van der Waals surface area contributed by atoms with Crippen molar-refractivity contribution in [1.29, 1.82) is 0 Å². The molecule has 1 saturated heterocycles. The topological polar surface area (TPSA) is 38.3 Å². The minimum Gasteiger partial charge on any atom is -0.469 e. The lowest BCUT2D eigenvalue weighted by Crippen LogP contribution is -2.35. The van der Waals surface area contributed by atoms with Gasteiger partial charge in [0, 0.05) is 6.54 Å². The molecule has 0 bridgehead atoms. The maximum atomic E-state index is 11.3. The number of hydrogen-bond donors (Lipinski definition) is 1. The largest absolute Gasteiger partial charge is 0.469 e. The molecular formula is C8H15NO2. The number of carbonyl (C=O) groups excluding carboxylic acids is 1. The summed E-state index contributed by atoms with van der Waals surface area (Å²) in [6, 6.07) is 0. The molecule has 1 heterocycles. The van der Waals surface area contributed by atoms with E-state index < -0.39 is 0 Å². The molecule has 2 atom stereocenters. The van der Waals surface area contributed by atoms with Crippen LogP contribution in [0, 0.1) is 11.3 Å².